The number of aromatic amines is 1. The van der Waals surface area contributed by atoms with E-state index >= 15 is 0 Å². The number of rotatable bonds is 12. The number of hydrogen-bond acceptors (Lipinski definition) is 6. The fraction of sp³-hybridized carbons (Fsp3) is 0.314. The average molecular weight is 597 g/mol. The third-order valence-corrected chi connectivity index (χ3v) is 8.16. The molecule has 1 aliphatic heterocycles. The van der Waals surface area contributed by atoms with Gasteiger partial charge < -0.3 is 29.8 Å². The SMILES string of the molecule is COc1ccc2[nH]cc(CCNC(=O)CN(C(=O)/C=C/c3ccc(O)c(OC)c3)C3CCN(Cc4ccccc4)CC3)c2c1. The van der Waals surface area contributed by atoms with Gasteiger partial charge in [-0.2, -0.15) is 0 Å². The number of phenols is 1. The van der Waals surface area contributed by atoms with E-state index < -0.39 is 0 Å². The zero-order valence-corrected chi connectivity index (χ0v) is 25.3. The maximum Gasteiger partial charge on any atom is 0.247 e. The van der Waals surface area contributed by atoms with Crippen LogP contribution in [0.1, 0.15) is 29.5 Å². The van der Waals surface area contributed by atoms with E-state index in [0.29, 0.717) is 24.3 Å². The summed E-state index contributed by atoms with van der Waals surface area (Å²) < 4.78 is 10.6. The van der Waals surface area contributed by atoms with E-state index in [-0.39, 0.29) is 30.2 Å². The van der Waals surface area contributed by atoms with Crippen molar-refractivity contribution in [2.75, 3.05) is 40.4 Å². The number of aromatic nitrogens is 1. The maximum atomic E-state index is 13.6. The van der Waals surface area contributed by atoms with Crippen LogP contribution >= 0.6 is 0 Å². The lowest BCUT2D eigenvalue weighted by molar-refractivity contribution is -0.135. The molecule has 5 rings (SSSR count). The van der Waals surface area contributed by atoms with Gasteiger partial charge in [0, 0.05) is 55.4 Å². The average Bonchev–Trinajstić information content (AvgIpc) is 3.46. The maximum absolute atomic E-state index is 13.6. The van der Waals surface area contributed by atoms with Gasteiger partial charge in [0.25, 0.3) is 0 Å². The van der Waals surface area contributed by atoms with Crippen molar-refractivity contribution >= 4 is 28.8 Å². The second kappa shape index (κ2) is 14.6. The summed E-state index contributed by atoms with van der Waals surface area (Å²) in [6.07, 6.45) is 7.35. The number of fused-ring (bicyclic) bond motifs is 1. The molecule has 2 heterocycles. The summed E-state index contributed by atoms with van der Waals surface area (Å²) in [5.41, 5.74) is 4.08. The zero-order valence-electron chi connectivity index (χ0n) is 25.3. The van der Waals surface area contributed by atoms with Crippen LogP contribution in [0.4, 0.5) is 0 Å². The van der Waals surface area contributed by atoms with Gasteiger partial charge in [0.2, 0.25) is 11.8 Å². The minimum atomic E-state index is -0.225. The molecule has 230 valence electrons. The number of carbonyl (C=O) groups excluding carboxylic acids is 2. The highest BCUT2D eigenvalue weighted by molar-refractivity contribution is 5.94. The number of likely N-dealkylation sites (tertiary alicyclic amines) is 1. The highest BCUT2D eigenvalue weighted by Gasteiger charge is 2.28. The van der Waals surface area contributed by atoms with Crippen molar-refractivity contribution in [1.82, 2.24) is 20.1 Å². The highest BCUT2D eigenvalue weighted by atomic mass is 16.5. The third-order valence-electron chi connectivity index (χ3n) is 8.16. The summed E-state index contributed by atoms with van der Waals surface area (Å²) in [7, 11) is 3.12. The Bertz CT molecular complexity index is 1590. The smallest absolute Gasteiger partial charge is 0.247 e. The number of ether oxygens (including phenoxy) is 2. The second-order valence-electron chi connectivity index (χ2n) is 11.0. The molecule has 0 aliphatic carbocycles. The molecule has 9 nitrogen and oxygen atoms in total. The molecule has 44 heavy (non-hydrogen) atoms. The molecule has 0 atom stereocenters. The zero-order chi connectivity index (χ0) is 30.9. The Labute approximate surface area is 258 Å². The first kappa shape index (κ1) is 30.7. The first-order valence-electron chi connectivity index (χ1n) is 15.0. The summed E-state index contributed by atoms with van der Waals surface area (Å²) in [4.78, 5) is 34.1. The number of piperidine rings is 1. The third kappa shape index (κ3) is 7.79. The van der Waals surface area contributed by atoms with Gasteiger partial charge in [-0.25, -0.2) is 0 Å². The Kier molecular flexibility index (Phi) is 10.2. The number of aromatic hydroxyl groups is 1. The van der Waals surface area contributed by atoms with Crippen molar-refractivity contribution < 1.29 is 24.2 Å². The van der Waals surface area contributed by atoms with E-state index in [1.165, 1.54) is 24.8 Å². The Balaban J connectivity index is 1.23. The number of nitrogens with one attached hydrogen (secondary N) is 2. The highest BCUT2D eigenvalue weighted by Crippen LogP contribution is 2.27. The minimum absolute atomic E-state index is 0.0207. The van der Waals surface area contributed by atoms with Crippen molar-refractivity contribution in [3.05, 3.63) is 95.7 Å². The van der Waals surface area contributed by atoms with Crippen LogP contribution in [0, 0.1) is 0 Å². The molecule has 2 amide bonds. The van der Waals surface area contributed by atoms with E-state index in [4.69, 9.17) is 9.47 Å². The van der Waals surface area contributed by atoms with Gasteiger partial charge in [-0.15, -0.1) is 0 Å². The lowest BCUT2D eigenvalue weighted by atomic mass is 10.0. The molecular formula is C35H40N4O5. The summed E-state index contributed by atoms with van der Waals surface area (Å²) in [5.74, 6) is 0.725. The van der Waals surface area contributed by atoms with E-state index in [0.717, 1.165) is 54.7 Å². The molecule has 0 saturated carbocycles. The standard InChI is InChI=1S/C35H40N4O5/c1-43-29-10-11-31-30(21-29)27(22-37-31)14-17-36-34(41)24-39(35(42)13-9-25-8-12-32(40)33(20-25)44-2)28-15-18-38(19-16-28)23-26-6-4-3-5-7-26/h3-13,20-22,28,37,40H,14-19,23-24H2,1-2H3,(H,36,41)/b13-9+. The number of phenolic OH excluding ortho intramolecular Hbond substituents is 1. The minimum Gasteiger partial charge on any atom is -0.504 e. The number of nitrogens with zero attached hydrogens (tertiary/aromatic N) is 2. The second-order valence-corrected chi connectivity index (χ2v) is 11.0. The van der Waals surface area contributed by atoms with Gasteiger partial charge in [0.1, 0.15) is 12.3 Å². The van der Waals surface area contributed by atoms with Gasteiger partial charge in [-0.3, -0.25) is 14.5 Å². The topological polar surface area (TPSA) is 107 Å². The summed E-state index contributed by atoms with van der Waals surface area (Å²) >= 11 is 0. The van der Waals surface area contributed by atoms with E-state index in [1.54, 1.807) is 30.2 Å². The number of methoxy groups -OCH3 is 2. The molecule has 4 aromatic rings. The summed E-state index contributed by atoms with van der Waals surface area (Å²) in [6.45, 7) is 2.98. The largest absolute Gasteiger partial charge is 0.504 e. The molecule has 1 aromatic heterocycles. The first-order chi connectivity index (χ1) is 21.4. The fourth-order valence-corrected chi connectivity index (χ4v) is 5.72. The van der Waals surface area contributed by atoms with Gasteiger partial charge in [0.05, 0.1) is 14.2 Å². The molecule has 0 unspecified atom stereocenters. The van der Waals surface area contributed by atoms with Crippen LogP contribution in [0.2, 0.25) is 0 Å². The lowest BCUT2D eigenvalue weighted by Crippen LogP contribution is -2.50. The molecular weight excluding hydrogens is 556 g/mol. The number of benzene rings is 3. The van der Waals surface area contributed by atoms with Crippen molar-refractivity contribution in [2.24, 2.45) is 0 Å². The Morgan fingerprint density at radius 2 is 1.84 bits per heavy atom. The lowest BCUT2D eigenvalue weighted by Gasteiger charge is -2.38. The van der Waals surface area contributed by atoms with Gasteiger partial charge in [0.15, 0.2) is 11.5 Å². The van der Waals surface area contributed by atoms with Crippen LogP contribution in [0.5, 0.6) is 17.2 Å². The molecule has 0 spiro atoms. The number of amides is 2. The first-order valence-corrected chi connectivity index (χ1v) is 15.0. The fourth-order valence-electron chi connectivity index (χ4n) is 5.72. The van der Waals surface area contributed by atoms with Crippen LogP contribution in [-0.2, 0) is 22.6 Å². The molecule has 1 fully saturated rings. The predicted molar refractivity (Wildman–Crippen MR) is 172 cm³/mol. The molecule has 3 aromatic carbocycles. The van der Waals surface area contributed by atoms with Gasteiger partial charge in [-0.05, 0) is 72.4 Å². The van der Waals surface area contributed by atoms with E-state index in [9.17, 15) is 14.7 Å². The van der Waals surface area contributed by atoms with Crippen molar-refractivity contribution in [3.63, 3.8) is 0 Å². The quantitative estimate of drug-likeness (QED) is 0.204. The Hall–Kier alpha value is -4.76. The van der Waals surface area contributed by atoms with Crippen molar-refractivity contribution in [3.8, 4) is 17.2 Å². The predicted octanol–water partition coefficient (Wildman–Crippen LogP) is 4.76. The van der Waals surface area contributed by atoms with Crippen molar-refractivity contribution in [2.45, 2.75) is 31.8 Å². The van der Waals surface area contributed by atoms with Crippen LogP contribution < -0.4 is 14.8 Å². The van der Waals surface area contributed by atoms with Crippen LogP contribution in [0.25, 0.3) is 17.0 Å². The van der Waals surface area contributed by atoms with Gasteiger partial charge >= 0.3 is 0 Å². The Morgan fingerprint density at radius 3 is 2.59 bits per heavy atom. The molecule has 9 heteroatoms. The van der Waals surface area contributed by atoms with Gasteiger partial charge in [-0.1, -0.05) is 36.4 Å². The molecule has 0 bridgehead atoms. The number of carbonyl (C=O) groups is 2. The van der Waals surface area contributed by atoms with Crippen LogP contribution in [-0.4, -0.2) is 78.1 Å². The molecule has 0 radical (unpaired) electrons. The van der Waals surface area contributed by atoms with E-state index in [2.05, 4.69) is 27.3 Å². The van der Waals surface area contributed by atoms with Crippen LogP contribution in [0.3, 0.4) is 0 Å². The molecule has 1 aliphatic rings. The normalized spacial score (nSPS) is 14.1. The molecule has 1 saturated heterocycles. The number of hydrogen-bond donors (Lipinski definition) is 3. The van der Waals surface area contributed by atoms with Crippen molar-refractivity contribution in [1.29, 1.82) is 0 Å². The Morgan fingerprint density at radius 1 is 1.05 bits per heavy atom. The summed E-state index contributed by atoms with van der Waals surface area (Å²) in [6, 6.07) is 21.1. The number of H-pyrrole nitrogens is 1. The summed E-state index contributed by atoms with van der Waals surface area (Å²) in [5, 5.41) is 14.0. The monoisotopic (exact) mass is 596 g/mol. The molecule has 3 N–H and O–H groups in total. The van der Waals surface area contributed by atoms with E-state index in [1.807, 2.05) is 42.6 Å². The van der Waals surface area contributed by atoms with Crippen LogP contribution in [0.15, 0.2) is 79.0 Å².